The van der Waals surface area contributed by atoms with Crippen LogP contribution in [0.3, 0.4) is 0 Å². The number of ether oxygens (including phenoxy) is 1. The molecule has 0 aliphatic rings. The lowest BCUT2D eigenvalue weighted by atomic mass is 10.2. The van der Waals surface area contributed by atoms with E-state index in [9.17, 15) is 19.1 Å². The molecule has 2 rings (SSSR count). The molecule has 0 aromatic carbocycles. The largest absolute Gasteiger partial charge is 0.476 e. The van der Waals surface area contributed by atoms with Crippen molar-refractivity contribution in [2.75, 3.05) is 0 Å². The Labute approximate surface area is 142 Å². The SMILES string of the molecule is CC(C)(C)OC(=O)NCc1c(C(=O)O)nnn1Cc1cncc(F)c1. The van der Waals surface area contributed by atoms with E-state index in [-0.39, 0.29) is 24.5 Å². The minimum atomic E-state index is -1.29. The lowest BCUT2D eigenvalue weighted by Gasteiger charge is -2.19. The number of halogens is 1. The minimum Gasteiger partial charge on any atom is -0.476 e. The van der Waals surface area contributed by atoms with Gasteiger partial charge in [-0.3, -0.25) is 4.98 Å². The molecule has 0 radical (unpaired) electrons. The number of amides is 1. The zero-order chi connectivity index (χ0) is 18.6. The number of carbonyl (C=O) groups is 2. The zero-order valence-corrected chi connectivity index (χ0v) is 14.0. The van der Waals surface area contributed by atoms with E-state index in [1.807, 2.05) is 0 Å². The van der Waals surface area contributed by atoms with Gasteiger partial charge in [-0.1, -0.05) is 5.21 Å². The minimum absolute atomic E-state index is 0.0520. The van der Waals surface area contributed by atoms with Gasteiger partial charge in [0.1, 0.15) is 11.4 Å². The molecule has 10 heteroatoms. The summed E-state index contributed by atoms with van der Waals surface area (Å²) < 4.78 is 19.6. The lowest BCUT2D eigenvalue weighted by molar-refractivity contribution is 0.0519. The quantitative estimate of drug-likeness (QED) is 0.839. The van der Waals surface area contributed by atoms with Gasteiger partial charge in [-0.05, 0) is 32.4 Å². The number of nitrogens with zero attached hydrogens (tertiary/aromatic N) is 4. The van der Waals surface area contributed by atoms with Gasteiger partial charge in [-0.15, -0.1) is 5.10 Å². The zero-order valence-electron chi connectivity index (χ0n) is 14.0. The summed E-state index contributed by atoms with van der Waals surface area (Å²) in [6.45, 7) is 5.01. The maximum atomic E-state index is 13.2. The number of aromatic nitrogens is 4. The van der Waals surface area contributed by atoms with Crippen LogP contribution in [-0.2, 0) is 17.8 Å². The average molecular weight is 351 g/mol. The molecule has 0 fully saturated rings. The molecule has 2 aromatic heterocycles. The van der Waals surface area contributed by atoms with Crippen LogP contribution in [0.4, 0.5) is 9.18 Å². The Balaban J connectivity index is 2.18. The smallest absolute Gasteiger partial charge is 0.407 e. The summed E-state index contributed by atoms with van der Waals surface area (Å²) in [5.41, 5.74) is -0.366. The third-order valence-electron chi connectivity index (χ3n) is 2.93. The Kier molecular flexibility index (Phi) is 5.30. The molecule has 0 aliphatic heterocycles. The molecule has 0 aliphatic carbocycles. The van der Waals surface area contributed by atoms with Crippen molar-refractivity contribution in [1.29, 1.82) is 0 Å². The molecular formula is C15H18FN5O4. The van der Waals surface area contributed by atoms with E-state index in [1.54, 1.807) is 20.8 Å². The predicted molar refractivity (Wildman–Crippen MR) is 83.4 cm³/mol. The molecule has 2 heterocycles. The topological polar surface area (TPSA) is 119 Å². The number of pyridine rings is 1. The summed E-state index contributed by atoms with van der Waals surface area (Å²) in [4.78, 5) is 26.8. The first-order valence-electron chi connectivity index (χ1n) is 7.37. The van der Waals surface area contributed by atoms with Crippen molar-refractivity contribution in [3.63, 3.8) is 0 Å². The summed E-state index contributed by atoms with van der Waals surface area (Å²) >= 11 is 0. The Morgan fingerprint density at radius 2 is 2.08 bits per heavy atom. The fourth-order valence-electron chi connectivity index (χ4n) is 1.99. The van der Waals surface area contributed by atoms with Crippen molar-refractivity contribution >= 4 is 12.1 Å². The number of aromatic carboxylic acids is 1. The number of hydrogen-bond acceptors (Lipinski definition) is 6. The van der Waals surface area contributed by atoms with Crippen LogP contribution in [0.5, 0.6) is 0 Å². The van der Waals surface area contributed by atoms with Crippen LogP contribution in [0.25, 0.3) is 0 Å². The highest BCUT2D eigenvalue weighted by Crippen LogP contribution is 2.11. The van der Waals surface area contributed by atoms with E-state index >= 15 is 0 Å². The molecule has 1 amide bonds. The highest BCUT2D eigenvalue weighted by atomic mass is 19.1. The molecular weight excluding hydrogens is 333 g/mol. The molecule has 2 aromatic rings. The van der Waals surface area contributed by atoms with Crippen molar-refractivity contribution < 1.29 is 23.8 Å². The normalized spacial score (nSPS) is 11.2. The van der Waals surface area contributed by atoms with Gasteiger partial charge in [0.15, 0.2) is 5.69 Å². The number of alkyl carbamates (subject to hydrolysis) is 1. The molecule has 9 nitrogen and oxygen atoms in total. The maximum Gasteiger partial charge on any atom is 0.407 e. The summed E-state index contributed by atoms with van der Waals surface area (Å²) in [6, 6.07) is 1.25. The van der Waals surface area contributed by atoms with Gasteiger partial charge < -0.3 is 15.2 Å². The number of rotatable bonds is 5. The highest BCUT2D eigenvalue weighted by Gasteiger charge is 2.21. The van der Waals surface area contributed by atoms with E-state index in [0.717, 1.165) is 6.20 Å². The van der Waals surface area contributed by atoms with E-state index in [1.165, 1.54) is 16.9 Å². The molecule has 0 saturated carbocycles. The summed E-state index contributed by atoms with van der Waals surface area (Å²) in [6.07, 6.45) is 1.78. The molecule has 0 bridgehead atoms. The summed E-state index contributed by atoms with van der Waals surface area (Å²) in [7, 11) is 0. The van der Waals surface area contributed by atoms with E-state index in [4.69, 9.17) is 4.74 Å². The van der Waals surface area contributed by atoms with Gasteiger partial charge in [-0.2, -0.15) is 0 Å². The molecule has 0 atom stereocenters. The second-order valence-electron chi connectivity index (χ2n) is 6.21. The van der Waals surface area contributed by atoms with Crippen LogP contribution in [0.2, 0.25) is 0 Å². The van der Waals surface area contributed by atoms with E-state index in [2.05, 4.69) is 20.6 Å². The van der Waals surface area contributed by atoms with Gasteiger partial charge in [0.25, 0.3) is 0 Å². The third-order valence-corrected chi connectivity index (χ3v) is 2.93. The summed E-state index contributed by atoms with van der Waals surface area (Å²) in [5.74, 6) is -1.81. The number of carboxylic acid groups (broad SMARTS) is 1. The van der Waals surface area contributed by atoms with Gasteiger partial charge >= 0.3 is 12.1 Å². The van der Waals surface area contributed by atoms with Crippen LogP contribution in [0.15, 0.2) is 18.5 Å². The molecule has 2 N–H and O–H groups in total. The Bertz CT molecular complexity index is 784. The Hall–Kier alpha value is -3.04. The average Bonchev–Trinajstić information content (AvgIpc) is 2.86. The van der Waals surface area contributed by atoms with Crippen molar-refractivity contribution in [3.8, 4) is 0 Å². The van der Waals surface area contributed by atoms with Gasteiger partial charge in [0.05, 0.1) is 25.0 Å². The van der Waals surface area contributed by atoms with Gasteiger partial charge in [0.2, 0.25) is 0 Å². The first-order chi connectivity index (χ1) is 11.7. The number of carboxylic acids is 1. The monoisotopic (exact) mass is 351 g/mol. The number of nitrogens with one attached hydrogen (secondary N) is 1. The maximum absolute atomic E-state index is 13.2. The predicted octanol–water partition coefficient (Wildman–Crippen LogP) is 1.58. The Morgan fingerprint density at radius 3 is 2.68 bits per heavy atom. The molecule has 25 heavy (non-hydrogen) atoms. The Morgan fingerprint density at radius 1 is 1.36 bits per heavy atom. The second-order valence-corrected chi connectivity index (χ2v) is 6.21. The number of carbonyl (C=O) groups excluding carboxylic acids is 1. The third kappa shape index (κ3) is 5.23. The standard InChI is InChI=1S/C15H18FN5O4/c1-15(2,3)25-14(24)18-7-11-12(13(22)23)19-20-21(11)8-9-4-10(16)6-17-5-9/h4-6H,7-8H2,1-3H3,(H,18,24)(H,22,23). The van der Waals surface area contributed by atoms with Crippen LogP contribution in [0, 0.1) is 5.82 Å². The number of hydrogen-bond donors (Lipinski definition) is 2. The van der Waals surface area contributed by atoms with Gasteiger partial charge in [0, 0.05) is 6.20 Å². The fraction of sp³-hybridized carbons (Fsp3) is 0.400. The van der Waals surface area contributed by atoms with Crippen LogP contribution in [-0.4, -0.2) is 42.7 Å². The van der Waals surface area contributed by atoms with Crippen molar-refractivity contribution in [2.45, 2.75) is 39.5 Å². The molecule has 0 saturated heterocycles. The second kappa shape index (κ2) is 7.24. The summed E-state index contributed by atoms with van der Waals surface area (Å²) in [5, 5.41) is 19.0. The first kappa shape index (κ1) is 18.3. The lowest BCUT2D eigenvalue weighted by Crippen LogP contribution is -2.33. The van der Waals surface area contributed by atoms with E-state index in [0.29, 0.717) is 5.56 Å². The molecule has 134 valence electrons. The van der Waals surface area contributed by atoms with Crippen molar-refractivity contribution in [2.24, 2.45) is 0 Å². The van der Waals surface area contributed by atoms with Crippen LogP contribution >= 0.6 is 0 Å². The fourth-order valence-corrected chi connectivity index (χ4v) is 1.99. The molecule has 0 spiro atoms. The van der Waals surface area contributed by atoms with Crippen molar-refractivity contribution in [3.05, 3.63) is 41.2 Å². The van der Waals surface area contributed by atoms with Crippen LogP contribution < -0.4 is 5.32 Å². The van der Waals surface area contributed by atoms with Gasteiger partial charge in [-0.25, -0.2) is 18.7 Å². The van der Waals surface area contributed by atoms with Crippen LogP contribution in [0.1, 0.15) is 42.5 Å². The van der Waals surface area contributed by atoms with E-state index < -0.39 is 23.5 Å². The highest BCUT2D eigenvalue weighted by molar-refractivity contribution is 5.86. The van der Waals surface area contributed by atoms with Crippen molar-refractivity contribution in [1.82, 2.24) is 25.3 Å². The first-order valence-corrected chi connectivity index (χ1v) is 7.37. The molecule has 0 unspecified atom stereocenters.